The highest BCUT2D eigenvalue weighted by Gasteiger charge is 2.30. The minimum Gasteiger partial charge on any atom is -0.550 e. The van der Waals surface area contributed by atoms with Gasteiger partial charge in [0.05, 0.1) is 0 Å². The zero-order valence-corrected chi connectivity index (χ0v) is 9.68. The summed E-state index contributed by atoms with van der Waals surface area (Å²) in [6.07, 6.45) is 0.0637. The molecule has 1 aliphatic heterocycles. The van der Waals surface area contributed by atoms with Gasteiger partial charge in [0.1, 0.15) is 0 Å². The number of carbonyl (C=O) groups is 2. The number of hydrogen-bond acceptors (Lipinski definition) is 3. The van der Waals surface area contributed by atoms with E-state index in [0.29, 0.717) is 6.54 Å². The van der Waals surface area contributed by atoms with Crippen molar-refractivity contribution in [2.75, 3.05) is 6.54 Å². The Morgan fingerprint density at radius 1 is 1.41 bits per heavy atom. The molecule has 1 saturated heterocycles. The van der Waals surface area contributed by atoms with E-state index in [0.717, 1.165) is 11.1 Å². The lowest BCUT2D eigenvalue weighted by Gasteiger charge is -2.17. The smallest absolute Gasteiger partial charge is 0.223 e. The number of rotatable bonds is 3. The lowest BCUT2D eigenvalue weighted by molar-refractivity contribution is -0.311. The lowest BCUT2D eigenvalue weighted by atomic mass is 10.1. The van der Waals surface area contributed by atoms with E-state index in [1.165, 1.54) is 0 Å². The molecule has 0 bridgehead atoms. The number of hydrogen-bond donors (Lipinski definition) is 0. The van der Waals surface area contributed by atoms with Crippen molar-refractivity contribution in [1.82, 2.24) is 4.90 Å². The highest BCUT2D eigenvalue weighted by molar-refractivity contribution is 5.85. The Hall–Kier alpha value is -1.84. The van der Waals surface area contributed by atoms with Crippen LogP contribution in [0.1, 0.15) is 17.5 Å². The molecule has 4 nitrogen and oxygen atoms in total. The predicted octanol–water partition coefficient (Wildman–Crippen LogP) is 0.0934. The molecule has 0 saturated carbocycles. The summed E-state index contributed by atoms with van der Waals surface area (Å²) < 4.78 is 0. The SMILES string of the molecule is Cc1ccc(CN2C[C@@H](C(=O)[O-])CC2=O)cc1. The second kappa shape index (κ2) is 4.57. The van der Waals surface area contributed by atoms with Crippen molar-refractivity contribution >= 4 is 11.9 Å². The average Bonchev–Trinajstić information content (AvgIpc) is 2.64. The van der Waals surface area contributed by atoms with E-state index < -0.39 is 11.9 Å². The maximum atomic E-state index is 11.6. The largest absolute Gasteiger partial charge is 0.550 e. The molecule has 0 aromatic heterocycles. The summed E-state index contributed by atoms with van der Waals surface area (Å²) in [6.45, 7) is 2.73. The molecule has 1 aromatic carbocycles. The molecule has 1 amide bonds. The second-order valence-electron chi connectivity index (χ2n) is 4.48. The molecule has 1 aromatic rings. The maximum absolute atomic E-state index is 11.6. The van der Waals surface area contributed by atoms with Crippen molar-refractivity contribution in [2.24, 2.45) is 5.92 Å². The number of aliphatic carboxylic acids is 1. The summed E-state index contributed by atoms with van der Waals surface area (Å²) in [5, 5.41) is 10.7. The van der Waals surface area contributed by atoms with E-state index in [1.54, 1.807) is 4.90 Å². The van der Waals surface area contributed by atoms with Gasteiger partial charge in [-0.05, 0) is 12.5 Å². The van der Waals surface area contributed by atoms with Crippen LogP contribution in [0.15, 0.2) is 24.3 Å². The van der Waals surface area contributed by atoms with Crippen LogP contribution in [-0.2, 0) is 16.1 Å². The van der Waals surface area contributed by atoms with Gasteiger partial charge in [-0.1, -0.05) is 29.8 Å². The van der Waals surface area contributed by atoms with Crippen molar-refractivity contribution in [1.29, 1.82) is 0 Å². The van der Waals surface area contributed by atoms with Crippen LogP contribution in [-0.4, -0.2) is 23.3 Å². The van der Waals surface area contributed by atoms with Crippen molar-refractivity contribution in [3.8, 4) is 0 Å². The number of benzene rings is 1. The Kier molecular flexibility index (Phi) is 3.13. The zero-order chi connectivity index (χ0) is 12.4. The summed E-state index contributed by atoms with van der Waals surface area (Å²) in [7, 11) is 0. The first-order valence-electron chi connectivity index (χ1n) is 5.60. The molecular formula is C13H14NO3-. The van der Waals surface area contributed by atoms with E-state index in [4.69, 9.17) is 0 Å². The third-order valence-corrected chi connectivity index (χ3v) is 3.04. The highest BCUT2D eigenvalue weighted by atomic mass is 16.4. The average molecular weight is 232 g/mol. The number of nitrogens with zero attached hydrogens (tertiary/aromatic N) is 1. The summed E-state index contributed by atoms with van der Waals surface area (Å²) in [6, 6.07) is 7.86. The molecule has 2 rings (SSSR count). The number of carbonyl (C=O) groups excluding carboxylic acids is 2. The molecule has 17 heavy (non-hydrogen) atoms. The minimum atomic E-state index is -1.13. The molecule has 1 aliphatic rings. The summed E-state index contributed by atoms with van der Waals surface area (Å²) >= 11 is 0. The van der Waals surface area contributed by atoms with Gasteiger partial charge in [0.15, 0.2) is 0 Å². The Morgan fingerprint density at radius 3 is 2.59 bits per heavy atom. The van der Waals surface area contributed by atoms with Crippen LogP contribution in [0.4, 0.5) is 0 Å². The van der Waals surface area contributed by atoms with Gasteiger partial charge in [0.25, 0.3) is 0 Å². The Morgan fingerprint density at radius 2 is 2.06 bits per heavy atom. The van der Waals surface area contributed by atoms with Gasteiger partial charge in [0, 0.05) is 31.4 Å². The van der Waals surface area contributed by atoms with Crippen LogP contribution >= 0.6 is 0 Å². The molecule has 1 fully saturated rings. The monoisotopic (exact) mass is 232 g/mol. The van der Waals surface area contributed by atoms with Gasteiger partial charge < -0.3 is 14.8 Å². The van der Waals surface area contributed by atoms with E-state index in [1.807, 2.05) is 31.2 Å². The molecule has 1 heterocycles. The number of amides is 1. The number of likely N-dealkylation sites (tertiary alicyclic amines) is 1. The van der Waals surface area contributed by atoms with Gasteiger partial charge in [-0.15, -0.1) is 0 Å². The van der Waals surface area contributed by atoms with Crippen molar-refractivity contribution in [2.45, 2.75) is 19.9 Å². The number of aryl methyl sites for hydroxylation is 1. The quantitative estimate of drug-likeness (QED) is 0.742. The fraction of sp³-hybridized carbons (Fsp3) is 0.385. The van der Waals surface area contributed by atoms with Crippen LogP contribution in [0.3, 0.4) is 0 Å². The molecule has 4 heteroatoms. The standard InChI is InChI=1S/C13H15NO3/c1-9-2-4-10(5-3-9)7-14-8-11(13(16)17)6-12(14)15/h2-5,11H,6-8H2,1H3,(H,16,17)/p-1/t11-/m0/s1. The Balaban J connectivity index is 2.02. The van der Waals surface area contributed by atoms with Gasteiger partial charge in [-0.2, -0.15) is 0 Å². The van der Waals surface area contributed by atoms with E-state index >= 15 is 0 Å². The summed E-state index contributed by atoms with van der Waals surface area (Å²) in [4.78, 5) is 23.9. The third kappa shape index (κ3) is 2.64. The maximum Gasteiger partial charge on any atom is 0.223 e. The van der Waals surface area contributed by atoms with Crippen molar-refractivity contribution in [3.05, 3.63) is 35.4 Å². The van der Waals surface area contributed by atoms with Crippen LogP contribution in [0, 0.1) is 12.8 Å². The van der Waals surface area contributed by atoms with E-state index in [2.05, 4.69) is 0 Å². The second-order valence-corrected chi connectivity index (χ2v) is 4.48. The summed E-state index contributed by atoms with van der Waals surface area (Å²) in [5.74, 6) is -1.91. The fourth-order valence-electron chi connectivity index (χ4n) is 2.00. The van der Waals surface area contributed by atoms with Crippen molar-refractivity contribution < 1.29 is 14.7 Å². The normalized spacial score (nSPS) is 19.7. The molecule has 0 aliphatic carbocycles. The molecule has 0 N–H and O–H groups in total. The molecule has 0 radical (unpaired) electrons. The molecule has 0 spiro atoms. The molecule has 1 atom stereocenters. The third-order valence-electron chi connectivity index (χ3n) is 3.04. The van der Waals surface area contributed by atoms with Crippen LogP contribution in [0.2, 0.25) is 0 Å². The van der Waals surface area contributed by atoms with Crippen molar-refractivity contribution in [3.63, 3.8) is 0 Å². The van der Waals surface area contributed by atoms with Crippen LogP contribution in [0.25, 0.3) is 0 Å². The first-order valence-corrected chi connectivity index (χ1v) is 5.60. The van der Waals surface area contributed by atoms with E-state index in [-0.39, 0.29) is 18.9 Å². The first kappa shape index (κ1) is 11.6. The highest BCUT2D eigenvalue weighted by Crippen LogP contribution is 2.19. The topological polar surface area (TPSA) is 60.4 Å². The van der Waals surface area contributed by atoms with Gasteiger partial charge >= 0.3 is 0 Å². The molecule has 90 valence electrons. The minimum absolute atomic E-state index is 0.0637. The fourth-order valence-corrected chi connectivity index (χ4v) is 2.00. The Bertz CT molecular complexity index is 438. The zero-order valence-electron chi connectivity index (χ0n) is 9.68. The number of carboxylic acids is 1. The van der Waals surface area contributed by atoms with E-state index in [9.17, 15) is 14.7 Å². The first-order chi connectivity index (χ1) is 8.06. The van der Waals surface area contributed by atoms with Gasteiger partial charge in [-0.3, -0.25) is 4.79 Å². The number of carboxylic acid groups (broad SMARTS) is 1. The molecular weight excluding hydrogens is 218 g/mol. The summed E-state index contributed by atoms with van der Waals surface area (Å²) in [5.41, 5.74) is 2.18. The van der Waals surface area contributed by atoms with Gasteiger partial charge in [0.2, 0.25) is 5.91 Å². The molecule has 0 unspecified atom stereocenters. The van der Waals surface area contributed by atoms with Gasteiger partial charge in [-0.25, -0.2) is 0 Å². The predicted molar refractivity (Wildman–Crippen MR) is 59.7 cm³/mol. The lowest BCUT2D eigenvalue weighted by Crippen LogP contribution is -2.33. The Labute approximate surface area is 99.9 Å². The van der Waals surface area contributed by atoms with Crippen LogP contribution in [0.5, 0.6) is 0 Å². The van der Waals surface area contributed by atoms with Crippen LogP contribution < -0.4 is 5.11 Å².